The summed E-state index contributed by atoms with van der Waals surface area (Å²) >= 11 is 0. The molecule has 0 aromatic carbocycles. The van der Waals surface area contributed by atoms with E-state index >= 15 is 0 Å². The SMILES string of the molecule is C[B]C(CCCCN)NC.[Y]. The zero-order valence-electron chi connectivity index (χ0n) is 7.64. The van der Waals surface area contributed by atoms with Crippen molar-refractivity contribution in [3.05, 3.63) is 0 Å². The number of hydrogen-bond acceptors (Lipinski definition) is 2. The molecule has 0 aliphatic rings. The quantitative estimate of drug-likeness (QED) is 0.512. The van der Waals surface area contributed by atoms with Crippen LogP contribution < -0.4 is 11.1 Å². The Kier molecular flexibility index (Phi) is 14.7. The normalized spacial score (nSPS) is 11.9. The van der Waals surface area contributed by atoms with Crippen molar-refractivity contribution in [2.75, 3.05) is 13.6 Å². The predicted octanol–water partition coefficient (Wildman–Crippen LogP) is 0.411. The molecule has 1 unspecified atom stereocenters. The Balaban J connectivity index is 0. The van der Waals surface area contributed by atoms with Gasteiger partial charge in [0.1, 0.15) is 7.28 Å². The molecule has 62 valence electrons. The average Bonchev–Trinajstić information content (AvgIpc) is 1.99. The zero-order chi connectivity index (χ0) is 7.82. The van der Waals surface area contributed by atoms with E-state index in [2.05, 4.69) is 19.4 Å². The Labute approximate surface area is 96.2 Å². The summed E-state index contributed by atoms with van der Waals surface area (Å²) in [5.41, 5.74) is 5.37. The molecule has 0 aromatic heterocycles. The summed E-state index contributed by atoms with van der Waals surface area (Å²) in [5.74, 6) is 0.576. The first kappa shape index (κ1) is 14.6. The first-order valence-corrected chi connectivity index (χ1v) is 4.02. The Morgan fingerprint density at radius 3 is 2.45 bits per heavy atom. The van der Waals surface area contributed by atoms with Crippen LogP contribution in [-0.4, -0.2) is 26.8 Å². The van der Waals surface area contributed by atoms with E-state index in [4.69, 9.17) is 5.73 Å². The largest absolute Gasteiger partial charge is 0.330 e. The van der Waals surface area contributed by atoms with Gasteiger partial charge in [-0.05, 0) is 32.4 Å². The van der Waals surface area contributed by atoms with E-state index in [1.807, 2.05) is 7.05 Å². The molecule has 0 rings (SSSR count). The van der Waals surface area contributed by atoms with Crippen molar-refractivity contribution in [3.8, 4) is 0 Å². The minimum absolute atomic E-state index is 0. The fourth-order valence-electron chi connectivity index (χ4n) is 0.986. The van der Waals surface area contributed by atoms with Gasteiger partial charge in [0.05, 0.1) is 0 Å². The zero-order valence-corrected chi connectivity index (χ0v) is 10.5. The van der Waals surface area contributed by atoms with Crippen molar-refractivity contribution in [1.82, 2.24) is 5.32 Å². The van der Waals surface area contributed by atoms with Crippen LogP contribution in [0.15, 0.2) is 0 Å². The van der Waals surface area contributed by atoms with Crippen molar-refractivity contribution in [1.29, 1.82) is 0 Å². The second-order valence-electron chi connectivity index (χ2n) is 2.51. The third-order valence-corrected chi connectivity index (χ3v) is 1.74. The molecular formula is C7H18BN2Y. The molecule has 0 spiro atoms. The summed E-state index contributed by atoms with van der Waals surface area (Å²) in [5, 5.41) is 3.21. The van der Waals surface area contributed by atoms with Gasteiger partial charge in [-0.1, -0.05) is 13.2 Å². The Bertz CT molecular complexity index is 69.5. The molecule has 0 saturated carbocycles. The first-order chi connectivity index (χ1) is 4.85. The van der Waals surface area contributed by atoms with Crippen molar-refractivity contribution in [2.24, 2.45) is 5.73 Å². The van der Waals surface area contributed by atoms with Crippen LogP contribution in [0.1, 0.15) is 19.3 Å². The van der Waals surface area contributed by atoms with Gasteiger partial charge in [0.2, 0.25) is 0 Å². The maximum Gasteiger partial charge on any atom is 0.129 e. The first-order valence-electron chi connectivity index (χ1n) is 4.02. The monoisotopic (exact) mass is 230 g/mol. The molecule has 3 N–H and O–H groups in total. The molecule has 0 aromatic rings. The molecule has 0 bridgehead atoms. The van der Waals surface area contributed by atoms with Crippen molar-refractivity contribution >= 4 is 7.28 Å². The second-order valence-corrected chi connectivity index (χ2v) is 2.51. The molecule has 11 heavy (non-hydrogen) atoms. The summed E-state index contributed by atoms with van der Waals surface area (Å²) < 4.78 is 0. The number of rotatable bonds is 6. The summed E-state index contributed by atoms with van der Waals surface area (Å²) in [6, 6.07) is 0. The third-order valence-electron chi connectivity index (χ3n) is 1.74. The average molecular weight is 230 g/mol. The van der Waals surface area contributed by atoms with Crippen LogP contribution in [0.2, 0.25) is 6.82 Å². The number of hydrogen-bond donors (Lipinski definition) is 2. The fourth-order valence-corrected chi connectivity index (χ4v) is 0.986. The van der Waals surface area contributed by atoms with Crippen LogP contribution in [0.3, 0.4) is 0 Å². The fraction of sp³-hybridized carbons (Fsp3) is 1.00. The van der Waals surface area contributed by atoms with Gasteiger partial charge in [-0.25, -0.2) is 0 Å². The minimum atomic E-state index is 0. The molecule has 4 heteroatoms. The Morgan fingerprint density at radius 1 is 1.45 bits per heavy atom. The van der Waals surface area contributed by atoms with Crippen molar-refractivity contribution in [2.45, 2.75) is 32.0 Å². The molecule has 2 radical (unpaired) electrons. The van der Waals surface area contributed by atoms with Gasteiger partial charge in [0, 0.05) is 32.7 Å². The van der Waals surface area contributed by atoms with E-state index in [-0.39, 0.29) is 32.7 Å². The smallest absolute Gasteiger partial charge is 0.129 e. The molecule has 0 fully saturated rings. The van der Waals surface area contributed by atoms with E-state index in [1.54, 1.807) is 0 Å². The molecule has 2 nitrogen and oxygen atoms in total. The van der Waals surface area contributed by atoms with Crippen molar-refractivity contribution in [3.63, 3.8) is 0 Å². The van der Waals surface area contributed by atoms with Gasteiger partial charge in [-0.15, -0.1) is 0 Å². The summed E-state index contributed by atoms with van der Waals surface area (Å²) in [6.07, 6.45) is 3.59. The standard InChI is InChI=1S/C7H18BN2.Y/c1-8-7(10-2)5-3-4-6-9;/h7,10H,3-6,9H2,1-2H3;. The van der Waals surface area contributed by atoms with Gasteiger partial charge in [-0.3, -0.25) is 0 Å². The minimum Gasteiger partial charge on any atom is -0.330 e. The molecule has 0 saturated heterocycles. The number of unbranched alkanes of at least 4 members (excludes halogenated alkanes) is 1. The van der Waals surface area contributed by atoms with Crippen LogP contribution in [0.5, 0.6) is 0 Å². The van der Waals surface area contributed by atoms with E-state index in [0.717, 1.165) is 13.0 Å². The van der Waals surface area contributed by atoms with Crippen LogP contribution in [0, 0.1) is 0 Å². The van der Waals surface area contributed by atoms with E-state index in [9.17, 15) is 0 Å². The van der Waals surface area contributed by atoms with Gasteiger partial charge >= 0.3 is 0 Å². The summed E-state index contributed by atoms with van der Waals surface area (Å²) in [6.45, 7) is 2.91. The maximum atomic E-state index is 5.37. The van der Waals surface area contributed by atoms with Gasteiger partial charge in [-0.2, -0.15) is 0 Å². The van der Waals surface area contributed by atoms with Crippen molar-refractivity contribution < 1.29 is 32.7 Å². The van der Waals surface area contributed by atoms with Crippen LogP contribution in [0.4, 0.5) is 0 Å². The van der Waals surface area contributed by atoms with Crippen LogP contribution in [-0.2, 0) is 32.7 Å². The number of nitrogens with one attached hydrogen (secondary N) is 1. The van der Waals surface area contributed by atoms with Gasteiger partial charge in [0.25, 0.3) is 0 Å². The van der Waals surface area contributed by atoms with Gasteiger partial charge < -0.3 is 11.1 Å². The molecule has 0 heterocycles. The third kappa shape index (κ3) is 9.00. The van der Waals surface area contributed by atoms with E-state index < -0.39 is 0 Å². The summed E-state index contributed by atoms with van der Waals surface area (Å²) in [4.78, 5) is 0. The Morgan fingerprint density at radius 2 is 2.09 bits per heavy atom. The predicted molar refractivity (Wildman–Crippen MR) is 47.4 cm³/mol. The second kappa shape index (κ2) is 11.1. The Hall–Kier alpha value is 1.09. The molecular weight excluding hydrogens is 212 g/mol. The van der Waals surface area contributed by atoms with Crippen LogP contribution >= 0.6 is 0 Å². The number of nitrogens with two attached hydrogens (primary N) is 1. The topological polar surface area (TPSA) is 38.0 Å². The molecule has 0 aliphatic carbocycles. The molecule has 0 amide bonds. The molecule has 0 aliphatic heterocycles. The molecule has 1 atom stereocenters. The van der Waals surface area contributed by atoms with Crippen LogP contribution in [0.25, 0.3) is 0 Å². The maximum absolute atomic E-state index is 5.37. The van der Waals surface area contributed by atoms with E-state index in [1.165, 1.54) is 12.8 Å². The van der Waals surface area contributed by atoms with Gasteiger partial charge in [0.15, 0.2) is 0 Å². The summed E-state index contributed by atoms with van der Waals surface area (Å²) in [7, 11) is 4.18. The van der Waals surface area contributed by atoms with E-state index in [0.29, 0.717) is 5.94 Å².